The van der Waals surface area contributed by atoms with Crippen molar-refractivity contribution < 1.29 is 4.79 Å². The third kappa shape index (κ3) is 4.08. The standard InChI is InChI=1S/C18H14ClN3O/c19-14-7-4-8-15(11-14)21-18(23)22-16-9-10-17(20-12-16)13-5-2-1-3-6-13/h1-12H,(H2,21,22,23). The van der Waals surface area contributed by atoms with Gasteiger partial charge < -0.3 is 10.6 Å². The molecule has 0 spiro atoms. The van der Waals surface area contributed by atoms with Crippen LogP contribution in [0, 0.1) is 0 Å². The molecule has 1 heterocycles. The van der Waals surface area contributed by atoms with Crippen molar-refractivity contribution in [2.45, 2.75) is 0 Å². The zero-order valence-electron chi connectivity index (χ0n) is 12.2. The van der Waals surface area contributed by atoms with Gasteiger partial charge in [0.1, 0.15) is 0 Å². The number of pyridine rings is 1. The summed E-state index contributed by atoms with van der Waals surface area (Å²) in [4.78, 5) is 16.3. The highest BCUT2D eigenvalue weighted by atomic mass is 35.5. The predicted molar refractivity (Wildman–Crippen MR) is 93.8 cm³/mol. The molecule has 0 fully saturated rings. The predicted octanol–water partition coefficient (Wildman–Crippen LogP) is 5.05. The summed E-state index contributed by atoms with van der Waals surface area (Å²) >= 11 is 5.88. The summed E-state index contributed by atoms with van der Waals surface area (Å²) in [5, 5.41) is 6.01. The number of rotatable bonds is 3. The van der Waals surface area contributed by atoms with Crippen LogP contribution in [0.1, 0.15) is 0 Å². The van der Waals surface area contributed by atoms with Gasteiger partial charge in [0.05, 0.1) is 17.6 Å². The molecule has 0 aliphatic carbocycles. The quantitative estimate of drug-likeness (QED) is 0.709. The number of anilines is 2. The van der Waals surface area contributed by atoms with Crippen LogP contribution in [0.25, 0.3) is 11.3 Å². The zero-order valence-corrected chi connectivity index (χ0v) is 12.9. The number of carbonyl (C=O) groups is 1. The number of amides is 2. The van der Waals surface area contributed by atoms with Crippen LogP contribution in [0.5, 0.6) is 0 Å². The Balaban J connectivity index is 1.65. The van der Waals surface area contributed by atoms with Gasteiger partial charge in [-0.2, -0.15) is 0 Å². The average molecular weight is 324 g/mol. The summed E-state index contributed by atoms with van der Waals surface area (Å²) in [6, 6.07) is 20.1. The van der Waals surface area contributed by atoms with Gasteiger partial charge in [0.15, 0.2) is 0 Å². The molecule has 0 bridgehead atoms. The van der Waals surface area contributed by atoms with E-state index < -0.39 is 0 Å². The van der Waals surface area contributed by atoms with Crippen LogP contribution in [0.3, 0.4) is 0 Å². The van der Waals surface area contributed by atoms with E-state index in [1.807, 2.05) is 42.5 Å². The molecule has 114 valence electrons. The molecule has 0 saturated heterocycles. The summed E-state index contributed by atoms with van der Waals surface area (Å²) in [5.41, 5.74) is 3.13. The first kappa shape index (κ1) is 15.1. The highest BCUT2D eigenvalue weighted by Crippen LogP contribution is 2.18. The minimum absolute atomic E-state index is 0.346. The first-order valence-corrected chi connectivity index (χ1v) is 7.43. The van der Waals surface area contributed by atoms with Crippen molar-refractivity contribution in [1.82, 2.24) is 4.98 Å². The van der Waals surface area contributed by atoms with Crippen LogP contribution in [-0.2, 0) is 0 Å². The van der Waals surface area contributed by atoms with Gasteiger partial charge in [0.2, 0.25) is 0 Å². The van der Waals surface area contributed by atoms with Crippen LogP contribution in [0.15, 0.2) is 72.9 Å². The van der Waals surface area contributed by atoms with Gasteiger partial charge in [0, 0.05) is 16.3 Å². The Morgan fingerprint density at radius 2 is 1.65 bits per heavy atom. The second-order valence-corrected chi connectivity index (χ2v) is 5.32. The van der Waals surface area contributed by atoms with E-state index in [9.17, 15) is 4.79 Å². The average Bonchev–Trinajstić information content (AvgIpc) is 2.56. The van der Waals surface area contributed by atoms with Gasteiger partial charge in [-0.3, -0.25) is 4.98 Å². The molecule has 23 heavy (non-hydrogen) atoms. The Morgan fingerprint density at radius 1 is 0.870 bits per heavy atom. The minimum Gasteiger partial charge on any atom is -0.308 e. The van der Waals surface area contributed by atoms with Crippen LogP contribution in [0.4, 0.5) is 16.2 Å². The fraction of sp³-hybridized carbons (Fsp3) is 0. The van der Waals surface area contributed by atoms with Gasteiger partial charge in [-0.05, 0) is 30.3 Å². The van der Waals surface area contributed by atoms with Crippen molar-refractivity contribution in [2.24, 2.45) is 0 Å². The zero-order chi connectivity index (χ0) is 16.1. The molecule has 0 saturated carbocycles. The molecule has 3 rings (SSSR count). The van der Waals surface area contributed by atoms with Gasteiger partial charge in [-0.1, -0.05) is 48.0 Å². The lowest BCUT2D eigenvalue weighted by Crippen LogP contribution is -2.19. The number of hydrogen-bond acceptors (Lipinski definition) is 2. The molecule has 0 aliphatic heterocycles. The Labute approximate surface area is 139 Å². The summed E-state index contributed by atoms with van der Waals surface area (Å²) in [6.45, 7) is 0. The molecule has 1 aromatic heterocycles. The molecule has 0 aliphatic rings. The molecular formula is C18H14ClN3O. The number of urea groups is 1. The van der Waals surface area contributed by atoms with E-state index in [4.69, 9.17) is 11.6 Å². The van der Waals surface area contributed by atoms with E-state index in [0.717, 1.165) is 11.3 Å². The first-order valence-electron chi connectivity index (χ1n) is 7.06. The van der Waals surface area contributed by atoms with E-state index in [1.54, 1.807) is 30.5 Å². The van der Waals surface area contributed by atoms with Crippen molar-refractivity contribution >= 4 is 29.0 Å². The Bertz CT molecular complexity index is 804. The number of halogens is 1. The maximum atomic E-state index is 12.0. The molecule has 0 unspecified atom stereocenters. The normalized spacial score (nSPS) is 10.1. The maximum Gasteiger partial charge on any atom is 0.323 e. The van der Waals surface area contributed by atoms with Crippen LogP contribution >= 0.6 is 11.6 Å². The molecule has 3 aromatic rings. The number of aromatic nitrogens is 1. The monoisotopic (exact) mass is 323 g/mol. The highest BCUT2D eigenvalue weighted by Gasteiger charge is 2.04. The number of benzene rings is 2. The van der Waals surface area contributed by atoms with Crippen LogP contribution in [0.2, 0.25) is 5.02 Å². The summed E-state index contributed by atoms with van der Waals surface area (Å²) in [7, 11) is 0. The number of nitrogens with zero attached hydrogens (tertiary/aromatic N) is 1. The van der Waals surface area contributed by atoms with E-state index >= 15 is 0 Å². The molecule has 4 nitrogen and oxygen atoms in total. The fourth-order valence-electron chi connectivity index (χ4n) is 2.11. The van der Waals surface area contributed by atoms with Gasteiger partial charge >= 0.3 is 6.03 Å². The lowest BCUT2D eigenvalue weighted by molar-refractivity contribution is 0.262. The number of carbonyl (C=O) groups excluding carboxylic acids is 1. The molecule has 0 atom stereocenters. The van der Waals surface area contributed by atoms with Crippen molar-refractivity contribution in [3.63, 3.8) is 0 Å². The topological polar surface area (TPSA) is 54.0 Å². The molecule has 0 radical (unpaired) electrons. The fourth-order valence-corrected chi connectivity index (χ4v) is 2.30. The van der Waals surface area contributed by atoms with Crippen LogP contribution < -0.4 is 10.6 Å². The van der Waals surface area contributed by atoms with Gasteiger partial charge in [0.25, 0.3) is 0 Å². The smallest absolute Gasteiger partial charge is 0.308 e. The molecule has 2 N–H and O–H groups in total. The Hall–Kier alpha value is -2.85. The number of hydrogen-bond donors (Lipinski definition) is 2. The second kappa shape index (κ2) is 6.94. The molecule has 2 aromatic carbocycles. The van der Waals surface area contributed by atoms with Crippen molar-refractivity contribution in [3.8, 4) is 11.3 Å². The third-order valence-electron chi connectivity index (χ3n) is 3.17. The maximum absolute atomic E-state index is 12.0. The van der Waals surface area contributed by atoms with Crippen molar-refractivity contribution in [2.75, 3.05) is 10.6 Å². The van der Waals surface area contributed by atoms with E-state index in [2.05, 4.69) is 15.6 Å². The Kier molecular flexibility index (Phi) is 4.54. The second-order valence-electron chi connectivity index (χ2n) is 4.89. The van der Waals surface area contributed by atoms with Gasteiger partial charge in [-0.15, -0.1) is 0 Å². The van der Waals surface area contributed by atoms with E-state index in [1.165, 1.54) is 0 Å². The largest absolute Gasteiger partial charge is 0.323 e. The minimum atomic E-state index is -0.346. The third-order valence-corrected chi connectivity index (χ3v) is 3.41. The van der Waals surface area contributed by atoms with Crippen molar-refractivity contribution in [1.29, 1.82) is 0 Å². The molecular weight excluding hydrogens is 310 g/mol. The molecule has 2 amide bonds. The summed E-state index contributed by atoms with van der Waals surface area (Å²) in [5.74, 6) is 0. The lowest BCUT2D eigenvalue weighted by atomic mass is 10.1. The molecule has 5 heteroatoms. The summed E-state index contributed by atoms with van der Waals surface area (Å²) in [6.07, 6.45) is 1.62. The van der Waals surface area contributed by atoms with E-state index in [-0.39, 0.29) is 6.03 Å². The van der Waals surface area contributed by atoms with Gasteiger partial charge in [-0.25, -0.2) is 4.79 Å². The Morgan fingerprint density at radius 3 is 2.35 bits per heavy atom. The van der Waals surface area contributed by atoms with Crippen molar-refractivity contribution in [3.05, 3.63) is 77.9 Å². The highest BCUT2D eigenvalue weighted by molar-refractivity contribution is 6.30. The van der Waals surface area contributed by atoms with E-state index in [0.29, 0.717) is 16.4 Å². The summed E-state index contributed by atoms with van der Waals surface area (Å²) < 4.78 is 0. The SMILES string of the molecule is O=C(Nc1ccc(-c2ccccc2)nc1)Nc1cccc(Cl)c1. The van der Waals surface area contributed by atoms with Crippen LogP contribution in [-0.4, -0.2) is 11.0 Å². The lowest BCUT2D eigenvalue weighted by Gasteiger charge is -2.08. The number of nitrogens with one attached hydrogen (secondary N) is 2. The first-order chi connectivity index (χ1) is 11.2.